The SMILES string of the molecule is COc1cc(C2CC(=O)N(c3cccc(F)c3)C3=C2C(=O)OC3)ccc1O. The monoisotopic (exact) mass is 369 g/mol. The Balaban J connectivity index is 1.83. The van der Waals surface area contributed by atoms with Crippen LogP contribution in [0.5, 0.6) is 11.5 Å². The summed E-state index contributed by atoms with van der Waals surface area (Å²) < 4.78 is 23.9. The van der Waals surface area contributed by atoms with E-state index in [1.165, 1.54) is 36.3 Å². The number of cyclic esters (lactones) is 1. The van der Waals surface area contributed by atoms with Crippen molar-refractivity contribution >= 4 is 17.6 Å². The number of halogens is 1. The molecule has 0 saturated carbocycles. The zero-order chi connectivity index (χ0) is 19.1. The first kappa shape index (κ1) is 17.1. The lowest BCUT2D eigenvalue weighted by Gasteiger charge is -2.32. The summed E-state index contributed by atoms with van der Waals surface area (Å²) in [5, 5.41) is 9.80. The second-order valence-electron chi connectivity index (χ2n) is 6.33. The molecular weight excluding hydrogens is 353 g/mol. The number of phenolic OH excluding ortho intramolecular Hbond substituents is 1. The summed E-state index contributed by atoms with van der Waals surface area (Å²) in [5.74, 6) is -1.56. The lowest BCUT2D eigenvalue weighted by Crippen LogP contribution is -2.37. The predicted octanol–water partition coefficient (Wildman–Crippen LogP) is 2.87. The highest BCUT2D eigenvalue weighted by Crippen LogP contribution is 2.43. The maximum atomic E-state index is 13.6. The molecule has 0 aromatic heterocycles. The number of carbonyl (C=O) groups is 2. The fourth-order valence-electron chi connectivity index (χ4n) is 3.56. The molecule has 2 aromatic rings. The van der Waals surface area contributed by atoms with E-state index < -0.39 is 17.7 Å². The van der Waals surface area contributed by atoms with Crippen LogP contribution in [0.3, 0.4) is 0 Å². The number of esters is 1. The van der Waals surface area contributed by atoms with Crippen molar-refractivity contribution in [1.29, 1.82) is 0 Å². The Morgan fingerprint density at radius 2 is 2.04 bits per heavy atom. The van der Waals surface area contributed by atoms with Crippen LogP contribution >= 0.6 is 0 Å². The van der Waals surface area contributed by atoms with Gasteiger partial charge in [-0.1, -0.05) is 12.1 Å². The number of methoxy groups -OCH3 is 1. The molecule has 0 radical (unpaired) electrons. The fourth-order valence-corrected chi connectivity index (χ4v) is 3.56. The van der Waals surface area contributed by atoms with Crippen molar-refractivity contribution in [2.75, 3.05) is 18.6 Å². The van der Waals surface area contributed by atoms with Crippen molar-refractivity contribution in [2.45, 2.75) is 12.3 Å². The largest absolute Gasteiger partial charge is 0.504 e. The first-order chi connectivity index (χ1) is 13.0. The van der Waals surface area contributed by atoms with Crippen LogP contribution in [0.1, 0.15) is 17.9 Å². The molecule has 2 aromatic carbocycles. The minimum atomic E-state index is -0.526. The Morgan fingerprint density at radius 1 is 1.22 bits per heavy atom. The summed E-state index contributed by atoms with van der Waals surface area (Å²) in [7, 11) is 1.42. The molecule has 0 fully saturated rings. The first-order valence-electron chi connectivity index (χ1n) is 8.35. The van der Waals surface area contributed by atoms with Crippen molar-refractivity contribution in [3.63, 3.8) is 0 Å². The molecule has 2 heterocycles. The molecule has 1 N–H and O–H groups in total. The van der Waals surface area contributed by atoms with E-state index in [9.17, 15) is 19.1 Å². The molecule has 2 aliphatic heterocycles. The zero-order valence-corrected chi connectivity index (χ0v) is 14.4. The Kier molecular flexibility index (Phi) is 4.07. The van der Waals surface area contributed by atoms with Gasteiger partial charge in [-0.25, -0.2) is 9.18 Å². The maximum Gasteiger partial charge on any atom is 0.336 e. The number of ether oxygens (including phenoxy) is 2. The molecule has 0 aliphatic carbocycles. The molecule has 138 valence electrons. The predicted molar refractivity (Wildman–Crippen MR) is 93.9 cm³/mol. The molecule has 1 unspecified atom stereocenters. The number of anilines is 1. The average molecular weight is 369 g/mol. The van der Waals surface area contributed by atoms with Gasteiger partial charge < -0.3 is 14.6 Å². The van der Waals surface area contributed by atoms with E-state index in [0.29, 0.717) is 22.5 Å². The number of amides is 1. The van der Waals surface area contributed by atoms with E-state index in [1.54, 1.807) is 18.2 Å². The van der Waals surface area contributed by atoms with E-state index in [4.69, 9.17) is 9.47 Å². The lowest BCUT2D eigenvalue weighted by molar-refractivity contribution is -0.136. The van der Waals surface area contributed by atoms with Gasteiger partial charge in [-0.3, -0.25) is 9.69 Å². The summed E-state index contributed by atoms with van der Waals surface area (Å²) in [6.45, 7) is -0.0534. The van der Waals surface area contributed by atoms with E-state index >= 15 is 0 Å². The van der Waals surface area contributed by atoms with Crippen LogP contribution in [-0.2, 0) is 14.3 Å². The number of nitrogens with zero attached hydrogens (tertiary/aromatic N) is 1. The van der Waals surface area contributed by atoms with E-state index in [-0.39, 0.29) is 30.4 Å². The summed E-state index contributed by atoms with van der Waals surface area (Å²) in [6, 6.07) is 10.3. The Hall–Kier alpha value is -3.35. The molecule has 2 aliphatic rings. The van der Waals surface area contributed by atoms with Gasteiger partial charge in [-0.05, 0) is 35.9 Å². The second kappa shape index (κ2) is 6.42. The summed E-state index contributed by atoms with van der Waals surface area (Å²) in [5.41, 5.74) is 1.79. The summed E-state index contributed by atoms with van der Waals surface area (Å²) in [4.78, 5) is 26.6. The van der Waals surface area contributed by atoms with Crippen molar-refractivity contribution < 1.29 is 28.6 Å². The lowest BCUT2D eigenvalue weighted by atomic mass is 9.84. The third kappa shape index (κ3) is 2.81. The average Bonchev–Trinajstić information content (AvgIpc) is 3.03. The number of benzene rings is 2. The van der Waals surface area contributed by atoms with Gasteiger partial charge in [0.1, 0.15) is 12.4 Å². The molecular formula is C20H16FNO5. The quantitative estimate of drug-likeness (QED) is 0.842. The van der Waals surface area contributed by atoms with Crippen molar-refractivity contribution in [2.24, 2.45) is 0 Å². The van der Waals surface area contributed by atoms with Crippen LogP contribution in [0, 0.1) is 5.82 Å². The number of hydrogen-bond donors (Lipinski definition) is 1. The molecule has 1 atom stereocenters. The fraction of sp³-hybridized carbons (Fsp3) is 0.200. The molecule has 0 spiro atoms. The summed E-state index contributed by atoms with van der Waals surface area (Å²) >= 11 is 0. The Bertz CT molecular complexity index is 984. The Morgan fingerprint density at radius 3 is 2.78 bits per heavy atom. The number of aromatic hydroxyl groups is 1. The van der Waals surface area contributed by atoms with Crippen molar-refractivity contribution in [3.8, 4) is 11.5 Å². The highest BCUT2D eigenvalue weighted by Gasteiger charge is 2.43. The van der Waals surface area contributed by atoms with Gasteiger partial charge in [0.25, 0.3) is 0 Å². The molecule has 4 rings (SSSR count). The third-order valence-corrected chi connectivity index (χ3v) is 4.79. The number of hydrogen-bond acceptors (Lipinski definition) is 5. The minimum absolute atomic E-state index is 0.0123. The standard InChI is InChI=1S/C20H16FNO5/c1-26-17-7-11(5-6-16(17)23)14-9-18(24)22(13-4-2-3-12(21)8-13)15-10-27-20(25)19(14)15/h2-8,14,23H,9-10H2,1H3. The van der Waals surface area contributed by atoms with Crippen LogP contribution in [0.15, 0.2) is 53.7 Å². The van der Waals surface area contributed by atoms with Crippen LogP contribution in [0.25, 0.3) is 0 Å². The van der Waals surface area contributed by atoms with Crippen LogP contribution in [0.4, 0.5) is 10.1 Å². The maximum absolute atomic E-state index is 13.6. The van der Waals surface area contributed by atoms with Crippen molar-refractivity contribution in [1.82, 2.24) is 0 Å². The molecule has 7 heteroatoms. The normalized spacial score (nSPS) is 19.2. The second-order valence-corrected chi connectivity index (χ2v) is 6.33. The van der Waals surface area contributed by atoms with Gasteiger partial charge in [0.05, 0.1) is 24.1 Å². The van der Waals surface area contributed by atoms with E-state index in [0.717, 1.165) is 0 Å². The molecule has 27 heavy (non-hydrogen) atoms. The molecule has 6 nitrogen and oxygen atoms in total. The van der Waals surface area contributed by atoms with Gasteiger partial charge in [-0.2, -0.15) is 0 Å². The topological polar surface area (TPSA) is 76.1 Å². The number of phenols is 1. The van der Waals surface area contributed by atoms with E-state index in [2.05, 4.69) is 0 Å². The first-order valence-corrected chi connectivity index (χ1v) is 8.35. The van der Waals surface area contributed by atoms with Crippen molar-refractivity contribution in [3.05, 3.63) is 65.1 Å². The van der Waals surface area contributed by atoms with Gasteiger partial charge in [0, 0.05) is 12.3 Å². The third-order valence-electron chi connectivity index (χ3n) is 4.79. The van der Waals surface area contributed by atoms with E-state index in [1.807, 2.05) is 0 Å². The number of rotatable bonds is 3. The zero-order valence-electron chi connectivity index (χ0n) is 14.4. The van der Waals surface area contributed by atoms with Crippen LogP contribution in [-0.4, -0.2) is 30.7 Å². The molecule has 1 amide bonds. The van der Waals surface area contributed by atoms with Gasteiger partial charge in [0.15, 0.2) is 11.5 Å². The van der Waals surface area contributed by atoms with Gasteiger partial charge in [-0.15, -0.1) is 0 Å². The minimum Gasteiger partial charge on any atom is -0.504 e. The Labute approximate surface area is 154 Å². The highest BCUT2D eigenvalue weighted by molar-refractivity contribution is 6.06. The van der Waals surface area contributed by atoms with Crippen LogP contribution < -0.4 is 9.64 Å². The highest BCUT2D eigenvalue weighted by atomic mass is 19.1. The van der Waals surface area contributed by atoms with Crippen LogP contribution in [0.2, 0.25) is 0 Å². The smallest absolute Gasteiger partial charge is 0.336 e. The summed E-state index contributed by atoms with van der Waals surface area (Å²) in [6.07, 6.45) is 0.0123. The van der Waals surface area contributed by atoms with Gasteiger partial charge >= 0.3 is 5.97 Å². The molecule has 0 bridgehead atoms. The molecule has 0 saturated heterocycles. The van der Waals surface area contributed by atoms with Gasteiger partial charge in [0.2, 0.25) is 5.91 Å². The number of carbonyl (C=O) groups excluding carboxylic acids is 2.